The van der Waals surface area contributed by atoms with Gasteiger partial charge in [-0.05, 0) is 30.9 Å². The molecule has 1 aromatic carbocycles. The number of Topliss-reactive ketones (excluding diaryl/α,β-unsaturated/α-hetero) is 1. The highest BCUT2D eigenvalue weighted by molar-refractivity contribution is 6.31. The van der Waals surface area contributed by atoms with Gasteiger partial charge in [-0.15, -0.1) is 0 Å². The molecule has 1 aliphatic heterocycles. The van der Waals surface area contributed by atoms with E-state index >= 15 is 0 Å². The van der Waals surface area contributed by atoms with Crippen molar-refractivity contribution in [2.45, 2.75) is 51.7 Å². The molecule has 2 aromatic rings. The Morgan fingerprint density at radius 3 is 2.61 bits per heavy atom. The van der Waals surface area contributed by atoms with E-state index in [1.54, 1.807) is 6.07 Å². The van der Waals surface area contributed by atoms with E-state index in [1.807, 2.05) is 43.7 Å². The summed E-state index contributed by atoms with van der Waals surface area (Å²) in [5, 5.41) is 4.50. The van der Waals surface area contributed by atoms with Gasteiger partial charge in [0.2, 0.25) is 11.4 Å². The quantitative estimate of drug-likeness (QED) is 0.124. The number of esters is 1. The fourth-order valence-corrected chi connectivity index (χ4v) is 4.50. The number of β-lactam (4-membered cyclic amide) rings is 1. The molecule has 7 nitrogen and oxygen atoms in total. The number of carbonyl (C=O) groups is 3. The minimum Gasteiger partial charge on any atom is -0.459 e. The van der Waals surface area contributed by atoms with Crippen molar-refractivity contribution in [3.63, 3.8) is 0 Å². The summed E-state index contributed by atoms with van der Waals surface area (Å²) in [6.07, 6.45) is 2.27. The zero-order chi connectivity index (χ0) is 24.1. The van der Waals surface area contributed by atoms with Crippen LogP contribution in [-0.4, -0.2) is 50.5 Å². The van der Waals surface area contributed by atoms with Gasteiger partial charge in [-0.25, -0.2) is 4.79 Å². The number of amides is 1. The molecule has 33 heavy (non-hydrogen) atoms. The van der Waals surface area contributed by atoms with Crippen molar-refractivity contribution in [2.75, 3.05) is 6.61 Å². The summed E-state index contributed by atoms with van der Waals surface area (Å²) in [7, 11) is 0. The number of rotatable bonds is 11. The van der Waals surface area contributed by atoms with Gasteiger partial charge in [-0.2, -0.15) is 5.10 Å². The fourth-order valence-electron chi connectivity index (χ4n) is 4.20. The SMILES string of the molecule is C=CCOC(=O)C(Cl)N1C(=O)C(C(C)C)C1CC(=O)c1cc(C)n(CCc2ccccc2)n1. The smallest absolute Gasteiger partial charge is 0.344 e. The number of hydrogen-bond acceptors (Lipinski definition) is 5. The Bertz CT molecular complexity index is 1020. The van der Waals surface area contributed by atoms with Crippen molar-refractivity contribution in [1.82, 2.24) is 14.7 Å². The molecule has 3 atom stereocenters. The van der Waals surface area contributed by atoms with E-state index in [0.29, 0.717) is 12.2 Å². The Balaban J connectivity index is 1.70. The summed E-state index contributed by atoms with van der Waals surface area (Å²) in [6, 6.07) is 11.4. The Kier molecular flexibility index (Phi) is 8.08. The van der Waals surface area contributed by atoms with Crippen LogP contribution in [0.25, 0.3) is 0 Å². The van der Waals surface area contributed by atoms with Crippen LogP contribution in [-0.2, 0) is 27.3 Å². The minimum absolute atomic E-state index is 0.000976. The van der Waals surface area contributed by atoms with Gasteiger partial charge in [0, 0.05) is 18.7 Å². The molecule has 1 amide bonds. The van der Waals surface area contributed by atoms with Crippen molar-refractivity contribution in [3.8, 4) is 0 Å². The minimum atomic E-state index is -1.28. The van der Waals surface area contributed by atoms with Crippen LogP contribution < -0.4 is 0 Å². The highest BCUT2D eigenvalue weighted by Crippen LogP contribution is 2.38. The van der Waals surface area contributed by atoms with Crippen molar-refractivity contribution >= 4 is 29.3 Å². The maximum Gasteiger partial charge on any atom is 0.344 e. The molecule has 1 fully saturated rings. The van der Waals surface area contributed by atoms with Crippen LogP contribution in [0.15, 0.2) is 49.1 Å². The van der Waals surface area contributed by atoms with Crippen LogP contribution in [0.5, 0.6) is 0 Å². The number of aryl methyl sites for hydroxylation is 3. The second kappa shape index (κ2) is 10.8. The van der Waals surface area contributed by atoms with Crippen LogP contribution in [0.4, 0.5) is 0 Å². The molecular formula is C25H30ClN3O4. The van der Waals surface area contributed by atoms with Gasteiger partial charge in [-0.1, -0.05) is 68.4 Å². The number of alkyl halides is 1. The molecule has 1 saturated heterocycles. The summed E-state index contributed by atoms with van der Waals surface area (Å²) < 4.78 is 6.81. The van der Waals surface area contributed by atoms with Crippen LogP contribution in [0.3, 0.4) is 0 Å². The third-order valence-electron chi connectivity index (χ3n) is 5.93. The first kappa shape index (κ1) is 24.7. The van der Waals surface area contributed by atoms with E-state index in [4.69, 9.17) is 16.3 Å². The standard InChI is InChI=1S/C25H30ClN3O4/c1-5-13-33-25(32)23(26)29-20(22(16(2)3)24(29)31)15-21(30)19-14-17(4)28(27-19)12-11-18-9-7-6-8-10-18/h5-10,14,16,20,22-23H,1,11-13,15H2,2-4H3. The van der Waals surface area contributed by atoms with Crippen LogP contribution in [0, 0.1) is 18.8 Å². The third kappa shape index (κ3) is 5.53. The Hall–Kier alpha value is -2.93. The van der Waals surface area contributed by atoms with Gasteiger partial charge >= 0.3 is 5.97 Å². The zero-order valence-corrected chi connectivity index (χ0v) is 20.0. The number of halogens is 1. The second-order valence-electron chi connectivity index (χ2n) is 8.59. The molecule has 1 aromatic heterocycles. The Morgan fingerprint density at radius 2 is 1.97 bits per heavy atom. The van der Waals surface area contributed by atoms with E-state index in [2.05, 4.69) is 23.8 Å². The Morgan fingerprint density at radius 1 is 1.27 bits per heavy atom. The third-order valence-corrected chi connectivity index (χ3v) is 6.32. The number of benzene rings is 1. The maximum atomic E-state index is 13.1. The lowest BCUT2D eigenvalue weighted by Gasteiger charge is -2.50. The number of ketones is 1. The largest absolute Gasteiger partial charge is 0.459 e. The summed E-state index contributed by atoms with van der Waals surface area (Å²) in [5.41, 5.74) is 1.15. The average Bonchev–Trinajstić information content (AvgIpc) is 3.16. The normalized spacial score (nSPS) is 18.7. The number of hydrogen-bond donors (Lipinski definition) is 0. The van der Waals surface area contributed by atoms with Gasteiger partial charge in [0.15, 0.2) is 5.78 Å². The summed E-state index contributed by atoms with van der Waals surface area (Å²) >= 11 is 6.25. The number of aromatic nitrogens is 2. The van der Waals surface area contributed by atoms with E-state index < -0.39 is 17.5 Å². The Labute approximate surface area is 199 Å². The molecule has 176 valence electrons. The van der Waals surface area contributed by atoms with Gasteiger partial charge in [0.05, 0.1) is 12.0 Å². The van der Waals surface area contributed by atoms with Crippen LogP contribution in [0.1, 0.15) is 42.0 Å². The van der Waals surface area contributed by atoms with E-state index in [1.165, 1.54) is 16.5 Å². The summed E-state index contributed by atoms with van der Waals surface area (Å²) in [6.45, 7) is 9.90. The van der Waals surface area contributed by atoms with Crippen molar-refractivity contribution in [2.24, 2.45) is 11.8 Å². The molecule has 8 heteroatoms. The molecule has 1 aliphatic rings. The lowest BCUT2D eigenvalue weighted by Crippen LogP contribution is -2.66. The van der Waals surface area contributed by atoms with Gasteiger partial charge in [0.1, 0.15) is 12.3 Å². The number of carbonyl (C=O) groups excluding carboxylic acids is 3. The highest BCUT2D eigenvalue weighted by atomic mass is 35.5. The second-order valence-corrected chi connectivity index (χ2v) is 9.01. The van der Waals surface area contributed by atoms with E-state index in [-0.39, 0.29) is 36.6 Å². The van der Waals surface area contributed by atoms with E-state index in [9.17, 15) is 14.4 Å². The van der Waals surface area contributed by atoms with Crippen molar-refractivity contribution < 1.29 is 19.1 Å². The first-order valence-electron chi connectivity index (χ1n) is 11.1. The highest BCUT2D eigenvalue weighted by Gasteiger charge is 2.53. The van der Waals surface area contributed by atoms with Crippen LogP contribution >= 0.6 is 11.6 Å². The van der Waals surface area contributed by atoms with Gasteiger partial charge in [0.25, 0.3) is 0 Å². The zero-order valence-electron chi connectivity index (χ0n) is 19.2. The average molecular weight is 472 g/mol. The molecule has 0 saturated carbocycles. The first-order chi connectivity index (χ1) is 15.7. The number of nitrogens with zero attached hydrogens (tertiary/aromatic N) is 3. The van der Waals surface area contributed by atoms with Crippen LogP contribution in [0.2, 0.25) is 0 Å². The molecule has 2 heterocycles. The lowest BCUT2D eigenvalue weighted by atomic mass is 9.76. The predicted molar refractivity (Wildman–Crippen MR) is 126 cm³/mol. The monoisotopic (exact) mass is 471 g/mol. The topological polar surface area (TPSA) is 81.5 Å². The van der Waals surface area contributed by atoms with Crippen molar-refractivity contribution in [3.05, 3.63) is 66.0 Å². The first-order valence-corrected chi connectivity index (χ1v) is 11.5. The van der Waals surface area contributed by atoms with Crippen molar-refractivity contribution in [1.29, 1.82) is 0 Å². The molecule has 0 radical (unpaired) electrons. The van der Waals surface area contributed by atoms with Gasteiger partial charge in [-0.3, -0.25) is 14.3 Å². The molecule has 0 N–H and O–H groups in total. The maximum absolute atomic E-state index is 13.1. The fraction of sp³-hybridized carbons (Fsp3) is 0.440. The molecule has 0 spiro atoms. The number of ether oxygens (including phenoxy) is 1. The summed E-state index contributed by atoms with van der Waals surface area (Å²) in [4.78, 5) is 39.3. The molecule has 3 rings (SSSR count). The molecular weight excluding hydrogens is 442 g/mol. The number of likely N-dealkylation sites (tertiary alicyclic amines) is 1. The molecule has 0 bridgehead atoms. The predicted octanol–water partition coefficient (Wildman–Crippen LogP) is 3.78. The van der Waals surface area contributed by atoms with Gasteiger partial charge < -0.3 is 9.64 Å². The summed E-state index contributed by atoms with van der Waals surface area (Å²) in [5.74, 6) is -1.55. The molecule has 0 aliphatic carbocycles. The van der Waals surface area contributed by atoms with E-state index in [0.717, 1.165) is 12.1 Å². The molecule has 3 unspecified atom stereocenters. The lowest BCUT2D eigenvalue weighted by molar-refractivity contribution is -0.169.